The van der Waals surface area contributed by atoms with Crippen molar-refractivity contribution in [3.63, 3.8) is 0 Å². The zero-order valence-corrected chi connectivity index (χ0v) is 15.0. The summed E-state index contributed by atoms with van der Waals surface area (Å²) < 4.78 is 40.1. The summed E-state index contributed by atoms with van der Waals surface area (Å²) in [4.78, 5) is 11.9. The van der Waals surface area contributed by atoms with Crippen molar-refractivity contribution < 1.29 is 13.2 Å². The molecule has 0 aliphatic carbocycles. The van der Waals surface area contributed by atoms with Gasteiger partial charge in [-0.25, -0.2) is 5.10 Å². The van der Waals surface area contributed by atoms with E-state index in [9.17, 15) is 18.0 Å². The van der Waals surface area contributed by atoms with Crippen LogP contribution in [0.2, 0.25) is 0 Å². The van der Waals surface area contributed by atoms with Crippen molar-refractivity contribution in [3.8, 4) is 11.3 Å². The van der Waals surface area contributed by atoms with E-state index in [2.05, 4.69) is 20.8 Å². The van der Waals surface area contributed by atoms with Gasteiger partial charge in [-0.15, -0.1) is 0 Å². The minimum atomic E-state index is -4.55. The van der Waals surface area contributed by atoms with E-state index >= 15 is 0 Å². The van der Waals surface area contributed by atoms with E-state index < -0.39 is 11.7 Å². The average molecular weight is 392 g/mol. The van der Waals surface area contributed by atoms with Crippen LogP contribution in [0.3, 0.4) is 0 Å². The molecule has 2 aromatic carbocycles. The first-order valence-corrected chi connectivity index (χ1v) is 8.46. The molecule has 5 nitrogen and oxygen atoms in total. The summed E-state index contributed by atoms with van der Waals surface area (Å²) in [5.41, 5.74) is -0.621. The Morgan fingerprint density at radius 3 is 2.56 bits per heavy atom. The molecule has 27 heavy (non-hydrogen) atoms. The Morgan fingerprint density at radius 1 is 1.19 bits per heavy atom. The summed E-state index contributed by atoms with van der Waals surface area (Å²) in [6.07, 6.45) is -4.55. The molecule has 0 radical (unpaired) electrons. The molecular weight excluding hydrogens is 377 g/mol. The number of hydrogen-bond acceptors (Lipinski definition) is 3. The van der Waals surface area contributed by atoms with Gasteiger partial charge in [0.05, 0.1) is 22.3 Å². The third-order valence-corrected chi connectivity index (χ3v) is 4.13. The number of thiocarbonyl (C=S) groups is 1. The number of aromatic nitrogens is 2. The van der Waals surface area contributed by atoms with Crippen molar-refractivity contribution in [2.45, 2.75) is 13.1 Å². The van der Waals surface area contributed by atoms with E-state index in [4.69, 9.17) is 12.2 Å². The fraction of sp³-hybridized carbons (Fsp3) is 0.167. The van der Waals surface area contributed by atoms with Crippen molar-refractivity contribution in [2.24, 2.45) is 0 Å². The lowest BCUT2D eigenvalue weighted by molar-refractivity contribution is -0.136. The first-order valence-electron chi connectivity index (χ1n) is 8.05. The Kier molecular flexibility index (Phi) is 5.13. The summed E-state index contributed by atoms with van der Waals surface area (Å²) in [7, 11) is 0. The number of benzene rings is 2. The predicted octanol–water partition coefficient (Wildman–Crippen LogP) is 3.92. The van der Waals surface area contributed by atoms with Gasteiger partial charge in [0.15, 0.2) is 5.11 Å². The number of anilines is 1. The lowest BCUT2D eigenvalue weighted by Gasteiger charge is -2.17. The minimum Gasteiger partial charge on any atom is -0.363 e. The number of rotatable bonds is 3. The normalized spacial score (nSPS) is 11.4. The molecule has 0 atom stereocenters. The quantitative estimate of drug-likeness (QED) is 0.590. The van der Waals surface area contributed by atoms with Crippen molar-refractivity contribution in [1.82, 2.24) is 15.5 Å². The molecule has 0 saturated heterocycles. The fourth-order valence-electron chi connectivity index (χ4n) is 2.70. The second-order valence-corrected chi connectivity index (χ2v) is 6.10. The highest BCUT2D eigenvalue weighted by Crippen LogP contribution is 2.37. The fourth-order valence-corrected chi connectivity index (χ4v) is 2.96. The molecule has 0 bridgehead atoms. The van der Waals surface area contributed by atoms with Crippen molar-refractivity contribution in [3.05, 3.63) is 58.4 Å². The van der Waals surface area contributed by atoms with Gasteiger partial charge < -0.3 is 10.6 Å². The Morgan fingerprint density at radius 2 is 1.89 bits per heavy atom. The Balaban J connectivity index is 2.17. The van der Waals surface area contributed by atoms with Crippen LogP contribution in [-0.4, -0.2) is 21.9 Å². The lowest BCUT2D eigenvalue weighted by Crippen LogP contribution is -2.29. The van der Waals surface area contributed by atoms with E-state index in [1.165, 1.54) is 12.1 Å². The van der Waals surface area contributed by atoms with Crippen LogP contribution in [0.1, 0.15) is 12.5 Å². The van der Waals surface area contributed by atoms with E-state index in [1.54, 1.807) is 31.2 Å². The number of nitrogens with one attached hydrogen (secondary N) is 3. The number of hydrogen-bond donors (Lipinski definition) is 3. The topological polar surface area (TPSA) is 69.8 Å². The number of nitrogens with zero attached hydrogens (tertiary/aromatic N) is 1. The van der Waals surface area contributed by atoms with Gasteiger partial charge in [0, 0.05) is 17.5 Å². The SMILES string of the molecule is CCNC(=S)Nc1cc(-c2n[nH]c(=O)c3ccccc23)ccc1C(F)(F)F. The molecule has 0 spiro atoms. The Hall–Kier alpha value is -2.94. The molecule has 0 unspecified atom stereocenters. The summed E-state index contributed by atoms with van der Waals surface area (Å²) in [6.45, 7) is 2.25. The summed E-state index contributed by atoms with van der Waals surface area (Å²) >= 11 is 5.02. The smallest absolute Gasteiger partial charge is 0.363 e. The van der Waals surface area contributed by atoms with Crippen LogP contribution < -0.4 is 16.2 Å². The number of aromatic amines is 1. The average Bonchev–Trinajstić information content (AvgIpc) is 2.61. The number of halogens is 3. The second kappa shape index (κ2) is 7.36. The third-order valence-electron chi connectivity index (χ3n) is 3.88. The van der Waals surface area contributed by atoms with E-state index in [0.717, 1.165) is 6.07 Å². The number of H-pyrrole nitrogens is 1. The Labute approximate surface area is 157 Å². The summed E-state index contributed by atoms with van der Waals surface area (Å²) in [5.74, 6) is 0. The highest BCUT2D eigenvalue weighted by atomic mass is 32.1. The van der Waals surface area contributed by atoms with Gasteiger partial charge in [0.25, 0.3) is 5.56 Å². The number of fused-ring (bicyclic) bond motifs is 1. The maximum Gasteiger partial charge on any atom is 0.418 e. The van der Waals surface area contributed by atoms with Gasteiger partial charge in [-0.2, -0.15) is 18.3 Å². The standard InChI is InChI=1S/C18H15F3N4OS/c1-2-22-17(27)23-14-9-10(7-8-13(14)18(19,20)21)15-11-5-3-4-6-12(11)16(26)25-24-15/h3-9H,2H2,1H3,(H,25,26)(H2,22,23,27). The van der Waals surface area contributed by atoms with Crippen molar-refractivity contribution >= 4 is 33.8 Å². The minimum absolute atomic E-state index is 0.0828. The molecule has 0 amide bonds. The van der Waals surface area contributed by atoms with E-state index in [1.807, 2.05) is 0 Å². The molecular formula is C18H15F3N4OS. The maximum atomic E-state index is 13.4. The van der Waals surface area contributed by atoms with Crippen LogP contribution in [0.25, 0.3) is 22.0 Å². The van der Waals surface area contributed by atoms with Crippen molar-refractivity contribution in [1.29, 1.82) is 0 Å². The van der Waals surface area contributed by atoms with Crippen LogP contribution in [0.5, 0.6) is 0 Å². The largest absolute Gasteiger partial charge is 0.418 e. The highest BCUT2D eigenvalue weighted by molar-refractivity contribution is 7.80. The van der Waals surface area contributed by atoms with Crippen molar-refractivity contribution in [2.75, 3.05) is 11.9 Å². The molecule has 0 saturated carbocycles. The van der Waals surface area contributed by atoms with Crippen LogP contribution in [0.4, 0.5) is 18.9 Å². The second-order valence-electron chi connectivity index (χ2n) is 5.69. The molecule has 1 aromatic heterocycles. The van der Waals surface area contributed by atoms with Gasteiger partial charge in [-0.05, 0) is 37.3 Å². The van der Waals surface area contributed by atoms with Gasteiger partial charge in [0.1, 0.15) is 0 Å². The van der Waals surface area contributed by atoms with Crippen LogP contribution >= 0.6 is 12.2 Å². The zero-order valence-electron chi connectivity index (χ0n) is 14.1. The van der Waals surface area contributed by atoms with E-state index in [-0.39, 0.29) is 16.4 Å². The lowest BCUT2D eigenvalue weighted by atomic mass is 10.0. The molecule has 0 aliphatic rings. The Bertz CT molecular complexity index is 1060. The molecule has 0 aliphatic heterocycles. The van der Waals surface area contributed by atoms with E-state index in [0.29, 0.717) is 28.6 Å². The van der Waals surface area contributed by atoms with Gasteiger partial charge >= 0.3 is 6.18 Å². The highest BCUT2D eigenvalue weighted by Gasteiger charge is 2.34. The first kappa shape index (κ1) is 18.8. The molecule has 9 heteroatoms. The van der Waals surface area contributed by atoms with Crippen LogP contribution in [-0.2, 0) is 6.18 Å². The molecule has 1 heterocycles. The molecule has 0 fully saturated rings. The van der Waals surface area contributed by atoms with Crippen LogP contribution in [0.15, 0.2) is 47.3 Å². The third kappa shape index (κ3) is 3.92. The maximum absolute atomic E-state index is 13.4. The number of alkyl halides is 3. The zero-order chi connectivity index (χ0) is 19.6. The monoisotopic (exact) mass is 392 g/mol. The molecule has 3 N–H and O–H groups in total. The summed E-state index contributed by atoms with van der Waals surface area (Å²) in [6, 6.07) is 10.4. The van der Waals surface area contributed by atoms with Gasteiger partial charge in [-0.3, -0.25) is 4.79 Å². The molecule has 3 aromatic rings. The summed E-state index contributed by atoms with van der Waals surface area (Å²) in [5, 5.41) is 12.8. The predicted molar refractivity (Wildman–Crippen MR) is 103 cm³/mol. The molecule has 140 valence electrons. The van der Waals surface area contributed by atoms with Crippen LogP contribution in [0, 0.1) is 0 Å². The molecule has 3 rings (SSSR count). The van der Waals surface area contributed by atoms with Gasteiger partial charge in [0.2, 0.25) is 0 Å². The first-order chi connectivity index (χ1) is 12.8. The van der Waals surface area contributed by atoms with Gasteiger partial charge in [-0.1, -0.05) is 24.3 Å².